The fourth-order valence-electron chi connectivity index (χ4n) is 8.59. The number of aromatic nitrogens is 2. The van der Waals surface area contributed by atoms with Crippen LogP contribution >= 0.6 is 0 Å². The minimum atomic E-state index is 0.941. The van der Waals surface area contributed by atoms with Crippen LogP contribution in [0.25, 0.3) is 110 Å². The monoisotopic (exact) mass is 736 g/mol. The van der Waals surface area contributed by atoms with E-state index < -0.39 is 0 Å². The average Bonchev–Trinajstić information content (AvgIpc) is 3.31. The fourth-order valence-corrected chi connectivity index (χ4v) is 8.59. The molecule has 270 valence electrons. The van der Waals surface area contributed by atoms with E-state index in [1.54, 1.807) is 0 Å². The van der Waals surface area contributed by atoms with Gasteiger partial charge in [-0.2, -0.15) is 0 Å². The first-order chi connectivity index (χ1) is 28.7. The lowest BCUT2D eigenvalue weighted by molar-refractivity contribution is 1.33. The topological polar surface area (TPSA) is 25.8 Å². The van der Waals surface area contributed by atoms with Gasteiger partial charge in [-0.15, -0.1) is 0 Å². The summed E-state index contributed by atoms with van der Waals surface area (Å²) in [4.78, 5) is 10.7. The molecule has 0 spiro atoms. The van der Waals surface area contributed by atoms with Crippen molar-refractivity contribution in [2.45, 2.75) is 0 Å². The molecule has 2 nitrogen and oxygen atoms in total. The van der Waals surface area contributed by atoms with Gasteiger partial charge in [0.2, 0.25) is 0 Å². The largest absolute Gasteiger partial charge is 0.248 e. The van der Waals surface area contributed by atoms with Crippen molar-refractivity contribution in [2.24, 2.45) is 0 Å². The van der Waals surface area contributed by atoms with Crippen LogP contribution in [0.1, 0.15) is 0 Å². The van der Waals surface area contributed by atoms with Crippen LogP contribution in [0.5, 0.6) is 0 Å². The average molecular weight is 737 g/mol. The standard InChI is InChI=1S/C56H36N2/c1-3-16-37(17-4-1)53-33-43(35-55(57-53)51-31-41-20-7-9-24-45(41)47-26-11-13-28-49(47)51)39-22-15-23-40(30-39)44-34-54(38-18-5-2-6-19-38)58-56(36-44)52-32-42-21-8-10-25-46(42)48-27-12-14-29-50(48)52/h1-36H. The number of hydrogen-bond donors (Lipinski definition) is 0. The highest BCUT2D eigenvalue weighted by atomic mass is 14.7. The molecule has 11 rings (SSSR count). The van der Waals surface area contributed by atoms with Crippen molar-refractivity contribution in [3.05, 3.63) is 218 Å². The maximum Gasteiger partial charge on any atom is 0.0722 e. The van der Waals surface area contributed by atoms with Gasteiger partial charge < -0.3 is 0 Å². The molecule has 0 radical (unpaired) electrons. The van der Waals surface area contributed by atoms with E-state index in [4.69, 9.17) is 9.97 Å². The summed E-state index contributed by atoms with van der Waals surface area (Å²) < 4.78 is 0. The van der Waals surface area contributed by atoms with E-state index in [-0.39, 0.29) is 0 Å². The molecule has 0 N–H and O–H groups in total. The third-order valence-corrected chi connectivity index (χ3v) is 11.4. The molecular weight excluding hydrogens is 701 g/mol. The molecule has 0 aliphatic rings. The van der Waals surface area contributed by atoms with Crippen molar-refractivity contribution in [2.75, 3.05) is 0 Å². The predicted octanol–water partition coefficient (Wildman–Crippen LogP) is 15.1. The first-order valence-corrected chi connectivity index (χ1v) is 19.8. The molecule has 2 heteroatoms. The molecule has 9 aromatic carbocycles. The summed E-state index contributed by atoms with van der Waals surface area (Å²) >= 11 is 0. The smallest absolute Gasteiger partial charge is 0.0722 e. The molecule has 0 aliphatic heterocycles. The van der Waals surface area contributed by atoms with Gasteiger partial charge >= 0.3 is 0 Å². The molecule has 0 amide bonds. The van der Waals surface area contributed by atoms with Crippen LogP contribution in [-0.2, 0) is 0 Å². The second kappa shape index (κ2) is 14.1. The highest BCUT2D eigenvalue weighted by Gasteiger charge is 2.16. The zero-order valence-corrected chi connectivity index (χ0v) is 31.7. The second-order valence-corrected chi connectivity index (χ2v) is 14.9. The number of rotatable bonds is 6. The van der Waals surface area contributed by atoms with Crippen LogP contribution in [0.15, 0.2) is 218 Å². The van der Waals surface area contributed by atoms with Gasteiger partial charge in [0.05, 0.1) is 22.8 Å². The van der Waals surface area contributed by atoms with Crippen molar-refractivity contribution in [1.82, 2.24) is 9.97 Å². The van der Waals surface area contributed by atoms with Crippen molar-refractivity contribution in [1.29, 1.82) is 0 Å². The van der Waals surface area contributed by atoms with Crippen LogP contribution in [-0.4, -0.2) is 9.97 Å². The number of fused-ring (bicyclic) bond motifs is 6. The zero-order valence-electron chi connectivity index (χ0n) is 31.7. The van der Waals surface area contributed by atoms with Crippen LogP contribution in [0.2, 0.25) is 0 Å². The van der Waals surface area contributed by atoms with Gasteiger partial charge in [0, 0.05) is 22.3 Å². The van der Waals surface area contributed by atoms with Gasteiger partial charge in [-0.1, -0.05) is 176 Å². The Hall–Kier alpha value is -7.68. The Labute approximate surface area is 337 Å². The molecule has 0 aliphatic carbocycles. The van der Waals surface area contributed by atoms with Crippen molar-refractivity contribution in [3.63, 3.8) is 0 Å². The Morgan fingerprint density at radius 1 is 0.207 bits per heavy atom. The third kappa shape index (κ3) is 6.00. The van der Waals surface area contributed by atoms with Gasteiger partial charge in [-0.3, -0.25) is 0 Å². The minimum Gasteiger partial charge on any atom is -0.248 e. The van der Waals surface area contributed by atoms with Crippen LogP contribution in [0.4, 0.5) is 0 Å². The summed E-state index contributed by atoms with van der Waals surface area (Å²) in [5, 5.41) is 9.74. The van der Waals surface area contributed by atoms with E-state index in [1.165, 1.54) is 43.1 Å². The van der Waals surface area contributed by atoms with E-state index >= 15 is 0 Å². The van der Waals surface area contributed by atoms with Crippen LogP contribution < -0.4 is 0 Å². The lowest BCUT2D eigenvalue weighted by Gasteiger charge is -2.15. The zero-order chi connectivity index (χ0) is 38.4. The molecule has 2 aromatic heterocycles. The number of hydrogen-bond acceptors (Lipinski definition) is 2. The maximum absolute atomic E-state index is 5.37. The van der Waals surface area contributed by atoms with Gasteiger partial charge in [0.1, 0.15) is 0 Å². The van der Waals surface area contributed by atoms with E-state index in [0.717, 1.165) is 67.3 Å². The molecule has 2 heterocycles. The van der Waals surface area contributed by atoms with E-state index in [2.05, 4.69) is 218 Å². The predicted molar refractivity (Wildman–Crippen MR) is 245 cm³/mol. The SMILES string of the molecule is c1ccc(-c2cc(-c3cccc(-c4cc(-c5ccccc5)nc(-c5cc6ccccc6c6ccccc56)c4)c3)cc(-c3cc4ccccc4c4ccccc34)n2)cc1. The quantitative estimate of drug-likeness (QED) is 0.159. The Kier molecular flexibility index (Phi) is 8.19. The molecule has 0 bridgehead atoms. The molecule has 0 saturated heterocycles. The maximum atomic E-state index is 5.37. The third-order valence-electron chi connectivity index (χ3n) is 11.4. The molecular formula is C56H36N2. The summed E-state index contributed by atoms with van der Waals surface area (Å²) in [5.41, 5.74) is 12.7. The number of benzene rings is 9. The number of pyridine rings is 2. The van der Waals surface area contributed by atoms with Gasteiger partial charge in [0.15, 0.2) is 0 Å². The Balaban J connectivity index is 1.11. The second-order valence-electron chi connectivity index (χ2n) is 14.9. The summed E-state index contributed by atoms with van der Waals surface area (Å²) in [6.45, 7) is 0. The molecule has 0 atom stereocenters. The van der Waals surface area contributed by atoms with E-state index in [1.807, 2.05) is 0 Å². The molecule has 11 aromatic rings. The first kappa shape index (κ1) is 33.6. The van der Waals surface area contributed by atoms with E-state index in [9.17, 15) is 0 Å². The number of nitrogens with zero attached hydrogens (tertiary/aromatic N) is 2. The minimum absolute atomic E-state index is 0.941. The summed E-state index contributed by atoms with van der Waals surface area (Å²) in [6, 6.07) is 78.2. The molecule has 0 fully saturated rings. The van der Waals surface area contributed by atoms with E-state index in [0.29, 0.717) is 0 Å². The molecule has 0 unspecified atom stereocenters. The van der Waals surface area contributed by atoms with Gasteiger partial charge in [-0.25, -0.2) is 9.97 Å². The Morgan fingerprint density at radius 2 is 0.552 bits per heavy atom. The first-order valence-electron chi connectivity index (χ1n) is 19.8. The lowest BCUT2D eigenvalue weighted by atomic mass is 9.92. The highest BCUT2D eigenvalue weighted by molar-refractivity contribution is 6.15. The summed E-state index contributed by atoms with van der Waals surface area (Å²) in [5.74, 6) is 0. The van der Waals surface area contributed by atoms with Gasteiger partial charge in [-0.05, 0) is 108 Å². The highest BCUT2D eigenvalue weighted by Crippen LogP contribution is 2.40. The summed E-state index contributed by atoms with van der Waals surface area (Å²) in [7, 11) is 0. The Bertz CT molecular complexity index is 3110. The van der Waals surface area contributed by atoms with Crippen molar-refractivity contribution >= 4 is 43.1 Å². The van der Waals surface area contributed by atoms with Gasteiger partial charge in [0.25, 0.3) is 0 Å². The summed E-state index contributed by atoms with van der Waals surface area (Å²) in [6.07, 6.45) is 0. The van der Waals surface area contributed by atoms with Crippen molar-refractivity contribution < 1.29 is 0 Å². The molecule has 58 heavy (non-hydrogen) atoms. The normalized spacial score (nSPS) is 11.4. The van der Waals surface area contributed by atoms with Crippen LogP contribution in [0, 0.1) is 0 Å². The lowest BCUT2D eigenvalue weighted by Crippen LogP contribution is -1.94. The fraction of sp³-hybridized carbons (Fsp3) is 0. The Morgan fingerprint density at radius 3 is 1.00 bits per heavy atom. The molecule has 0 saturated carbocycles. The van der Waals surface area contributed by atoms with Crippen LogP contribution in [0.3, 0.4) is 0 Å². The van der Waals surface area contributed by atoms with Crippen molar-refractivity contribution in [3.8, 4) is 67.3 Å².